The summed E-state index contributed by atoms with van der Waals surface area (Å²) < 4.78 is 0. The molecule has 1 aromatic rings. The lowest BCUT2D eigenvalue weighted by atomic mass is 10.0. The summed E-state index contributed by atoms with van der Waals surface area (Å²) in [6.07, 6.45) is 2.12. The molecule has 0 aliphatic rings. The molecule has 0 aliphatic heterocycles. The van der Waals surface area contributed by atoms with Crippen molar-refractivity contribution in [3.05, 3.63) is 34.9 Å². The largest absolute Gasteiger partial charge is 0.384 e. The van der Waals surface area contributed by atoms with Crippen LogP contribution in [0.1, 0.15) is 48.2 Å². The third-order valence-corrected chi connectivity index (χ3v) is 3.03. The number of aryl methyl sites for hydroxylation is 1. The lowest BCUT2D eigenvalue weighted by Crippen LogP contribution is -2.24. The summed E-state index contributed by atoms with van der Waals surface area (Å²) in [5.74, 6) is 6.10. The summed E-state index contributed by atoms with van der Waals surface area (Å²) in [4.78, 5) is 12.0. The van der Waals surface area contributed by atoms with Gasteiger partial charge in [-0.3, -0.25) is 4.79 Å². The molecule has 20 heavy (non-hydrogen) atoms. The van der Waals surface area contributed by atoms with E-state index in [-0.39, 0.29) is 12.5 Å². The Morgan fingerprint density at radius 2 is 2.15 bits per heavy atom. The van der Waals surface area contributed by atoms with Crippen molar-refractivity contribution in [3.63, 3.8) is 0 Å². The number of amides is 1. The summed E-state index contributed by atoms with van der Waals surface area (Å²) in [5.41, 5.74) is 2.44. The number of hydrogen-bond donors (Lipinski definition) is 2. The maximum Gasteiger partial charge on any atom is 0.251 e. The van der Waals surface area contributed by atoms with Crippen LogP contribution in [-0.4, -0.2) is 24.2 Å². The topological polar surface area (TPSA) is 49.3 Å². The fourth-order valence-corrected chi connectivity index (χ4v) is 1.89. The summed E-state index contributed by atoms with van der Waals surface area (Å²) in [6.45, 7) is 6.82. The fraction of sp³-hybridized carbons (Fsp3) is 0.471. The number of carbonyl (C=O) groups excluding carboxylic acids is 1. The van der Waals surface area contributed by atoms with E-state index in [0.29, 0.717) is 18.0 Å². The van der Waals surface area contributed by atoms with Crippen LogP contribution in [0.3, 0.4) is 0 Å². The highest BCUT2D eigenvalue weighted by Gasteiger charge is 2.06. The van der Waals surface area contributed by atoms with Crippen molar-refractivity contribution in [1.29, 1.82) is 0 Å². The van der Waals surface area contributed by atoms with E-state index >= 15 is 0 Å². The molecule has 0 unspecified atom stereocenters. The Morgan fingerprint density at radius 1 is 1.40 bits per heavy atom. The first-order valence-corrected chi connectivity index (χ1v) is 7.03. The monoisotopic (exact) mass is 273 g/mol. The van der Waals surface area contributed by atoms with Crippen LogP contribution in [0.4, 0.5) is 0 Å². The number of benzene rings is 1. The van der Waals surface area contributed by atoms with E-state index in [1.165, 1.54) is 0 Å². The maximum absolute atomic E-state index is 12.0. The van der Waals surface area contributed by atoms with E-state index in [4.69, 9.17) is 5.11 Å². The molecule has 1 amide bonds. The van der Waals surface area contributed by atoms with Gasteiger partial charge in [0.2, 0.25) is 0 Å². The van der Waals surface area contributed by atoms with Crippen molar-refractivity contribution in [2.75, 3.05) is 13.2 Å². The summed E-state index contributed by atoms with van der Waals surface area (Å²) in [7, 11) is 0. The fourth-order valence-electron chi connectivity index (χ4n) is 1.89. The van der Waals surface area contributed by atoms with Crippen LogP contribution in [0.5, 0.6) is 0 Å². The van der Waals surface area contributed by atoms with Gasteiger partial charge in [0.05, 0.1) is 0 Å². The molecule has 0 aliphatic carbocycles. The lowest BCUT2D eigenvalue weighted by molar-refractivity contribution is 0.0952. The molecule has 0 saturated carbocycles. The van der Waals surface area contributed by atoms with E-state index in [1.807, 2.05) is 19.1 Å². The second-order valence-electron chi connectivity index (χ2n) is 5.28. The molecular formula is C17H23NO2. The SMILES string of the molecule is Cc1cc(C(=O)NCCCC(C)C)ccc1C#CCO. The Kier molecular flexibility index (Phi) is 6.83. The first-order chi connectivity index (χ1) is 9.54. The lowest BCUT2D eigenvalue weighted by Gasteiger charge is -2.08. The Balaban J connectivity index is 2.59. The van der Waals surface area contributed by atoms with Gasteiger partial charge in [-0.2, -0.15) is 0 Å². The average Bonchev–Trinajstić information content (AvgIpc) is 2.41. The van der Waals surface area contributed by atoms with Gasteiger partial charge in [-0.1, -0.05) is 25.7 Å². The zero-order valence-corrected chi connectivity index (χ0v) is 12.5. The molecule has 0 bridgehead atoms. The van der Waals surface area contributed by atoms with Crippen molar-refractivity contribution in [1.82, 2.24) is 5.32 Å². The minimum atomic E-state index is -0.155. The maximum atomic E-state index is 12.0. The second kappa shape index (κ2) is 8.39. The number of aliphatic hydroxyl groups is 1. The highest BCUT2D eigenvalue weighted by Crippen LogP contribution is 2.10. The molecule has 0 aromatic heterocycles. The number of rotatable bonds is 5. The molecule has 1 aromatic carbocycles. The number of hydrogen-bond acceptors (Lipinski definition) is 2. The standard InChI is InChI=1S/C17H23NO2/c1-13(2)6-4-10-18-17(20)16-9-8-15(7-5-11-19)14(3)12-16/h8-9,12-13,19H,4,6,10-11H2,1-3H3,(H,18,20). The van der Waals surface area contributed by atoms with Crippen LogP contribution in [0.2, 0.25) is 0 Å². The quantitative estimate of drug-likeness (QED) is 0.639. The average molecular weight is 273 g/mol. The highest BCUT2D eigenvalue weighted by atomic mass is 16.2. The molecule has 0 fully saturated rings. The van der Waals surface area contributed by atoms with Gasteiger partial charge in [0, 0.05) is 17.7 Å². The van der Waals surface area contributed by atoms with Gasteiger partial charge >= 0.3 is 0 Å². The minimum Gasteiger partial charge on any atom is -0.384 e. The zero-order chi connectivity index (χ0) is 15.0. The Bertz CT molecular complexity index is 509. The van der Waals surface area contributed by atoms with Gasteiger partial charge < -0.3 is 10.4 Å². The molecule has 0 saturated heterocycles. The van der Waals surface area contributed by atoms with Gasteiger partial charge in [-0.15, -0.1) is 0 Å². The molecule has 3 nitrogen and oxygen atoms in total. The minimum absolute atomic E-state index is 0.0430. The van der Waals surface area contributed by atoms with Crippen LogP contribution in [0.15, 0.2) is 18.2 Å². The zero-order valence-electron chi connectivity index (χ0n) is 12.5. The first kappa shape index (κ1) is 16.3. The van der Waals surface area contributed by atoms with Gasteiger partial charge in [0.15, 0.2) is 0 Å². The summed E-state index contributed by atoms with van der Waals surface area (Å²) >= 11 is 0. The van der Waals surface area contributed by atoms with E-state index in [2.05, 4.69) is 31.0 Å². The van der Waals surface area contributed by atoms with Crippen LogP contribution in [0.25, 0.3) is 0 Å². The van der Waals surface area contributed by atoms with Crippen molar-refractivity contribution in [3.8, 4) is 11.8 Å². The predicted octanol–water partition coefficient (Wildman–Crippen LogP) is 2.50. The van der Waals surface area contributed by atoms with E-state index in [0.717, 1.165) is 24.0 Å². The van der Waals surface area contributed by atoms with Crippen molar-refractivity contribution >= 4 is 5.91 Å². The molecule has 1 rings (SSSR count). The molecule has 0 atom stereocenters. The number of carbonyl (C=O) groups is 1. The van der Waals surface area contributed by atoms with E-state index in [9.17, 15) is 4.79 Å². The van der Waals surface area contributed by atoms with Gasteiger partial charge in [-0.25, -0.2) is 0 Å². The molecule has 3 heteroatoms. The molecule has 108 valence electrons. The predicted molar refractivity (Wildman–Crippen MR) is 81.5 cm³/mol. The Labute approximate surface area is 121 Å². The van der Waals surface area contributed by atoms with Gasteiger partial charge in [0.1, 0.15) is 6.61 Å². The molecule has 0 heterocycles. The van der Waals surface area contributed by atoms with Crippen LogP contribution < -0.4 is 5.32 Å². The molecular weight excluding hydrogens is 250 g/mol. The Hall–Kier alpha value is -1.79. The number of aliphatic hydroxyl groups excluding tert-OH is 1. The smallest absolute Gasteiger partial charge is 0.251 e. The molecule has 2 N–H and O–H groups in total. The van der Waals surface area contributed by atoms with Crippen LogP contribution >= 0.6 is 0 Å². The normalized spacial score (nSPS) is 10.1. The summed E-state index contributed by atoms with van der Waals surface area (Å²) in [6, 6.07) is 5.42. The van der Waals surface area contributed by atoms with Crippen molar-refractivity contribution in [2.24, 2.45) is 5.92 Å². The van der Waals surface area contributed by atoms with E-state index in [1.54, 1.807) is 6.07 Å². The second-order valence-corrected chi connectivity index (χ2v) is 5.28. The Morgan fingerprint density at radius 3 is 2.75 bits per heavy atom. The van der Waals surface area contributed by atoms with Gasteiger partial charge in [0.25, 0.3) is 5.91 Å². The van der Waals surface area contributed by atoms with Gasteiger partial charge in [-0.05, 0) is 49.4 Å². The highest BCUT2D eigenvalue weighted by molar-refractivity contribution is 5.94. The van der Waals surface area contributed by atoms with Crippen molar-refractivity contribution in [2.45, 2.75) is 33.6 Å². The molecule has 0 radical (unpaired) electrons. The van der Waals surface area contributed by atoms with Crippen molar-refractivity contribution < 1.29 is 9.90 Å². The number of nitrogens with one attached hydrogen (secondary N) is 1. The summed E-state index contributed by atoms with van der Waals surface area (Å²) in [5, 5.41) is 11.6. The molecule has 0 spiro atoms. The third-order valence-electron chi connectivity index (χ3n) is 3.03. The third kappa shape index (κ3) is 5.46. The van der Waals surface area contributed by atoms with E-state index < -0.39 is 0 Å². The van der Waals surface area contributed by atoms with Crippen LogP contribution in [0, 0.1) is 24.7 Å². The van der Waals surface area contributed by atoms with Crippen LogP contribution in [-0.2, 0) is 0 Å². The first-order valence-electron chi connectivity index (χ1n) is 7.03.